The van der Waals surface area contributed by atoms with Crippen LogP contribution in [0.25, 0.3) is 6.08 Å². The largest absolute Gasteiger partial charge is 0.377 e. The summed E-state index contributed by atoms with van der Waals surface area (Å²) in [5.74, 6) is 0.808. The predicted octanol–water partition coefficient (Wildman–Crippen LogP) is 2.09. The molecule has 3 aliphatic rings. The summed E-state index contributed by atoms with van der Waals surface area (Å²) in [4.78, 5) is 14.7. The summed E-state index contributed by atoms with van der Waals surface area (Å²) in [5, 5.41) is 0. The Kier molecular flexibility index (Phi) is 2.49. The molecule has 3 saturated heterocycles. The number of ether oxygens (including phenoxy) is 1. The van der Waals surface area contributed by atoms with Crippen LogP contribution in [0.15, 0.2) is 36.0 Å². The predicted molar refractivity (Wildman–Crippen MR) is 72.4 cm³/mol. The van der Waals surface area contributed by atoms with Crippen LogP contribution in [0, 0.1) is 5.92 Å². The molecule has 1 aromatic carbocycles. The molecule has 98 valence electrons. The first-order chi connectivity index (χ1) is 9.33. The Morgan fingerprint density at radius 1 is 1.21 bits per heavy atom. The maximum Gasteiger partial charge on any atom is 0.179 e. The van der Waals surface area contributed by atoms with Crippen LogP contribution in [0.5, 0.6) is 0 Å². The van der Waals surface area contributed by atoms with Crippen LogP contribution < -0.4 is 0 Å². The fourth-order valence-corrected chi connectivity index (χ4v) is 3.75. The van der Waals surface area contributed by atoms with Crippen molar-refractivity contribution in [1.29, 1.82) is 0 Å². The van der Waals surface area contributed by atoms with Gasteiger partial charge in [-0.05, 0) is 24.0 Å². The van der Waals surface area contributed by atoms with Crippen molar-refractivity contribution in [2.45, 2.75) is 24.9 Å². The van der Waals surface area contributed by atoms with Crippen molar-refractivity contribution in [2.24, 2.45) is 5.92 Å². The van der Waals surface area contributed by atoms with Crippen molar-refractivity contribution in [2.75, 3.05) is 13.2 Å². The fourth-order valence-electron chi connectivity index (χ4n) is 3.75. The molecule has 0 amide bonds. The SMILES string of the molecule is O=C1CC2CC3COCC2N3/C1=C\c1ccccc1. The Hall–Kier alpha value is -1.61. The zero-order valence-electron chi connectivity index (χ0n) is 10.8. The second-order valence-corrected chi connectivity index (χ2v) is 5.73. The van der Waals surface area contributed by atoms with Gasteiger partial charge in [0.25, 0.3) is 0 Å². The van der Waals surface area contributed by atoms with E-state index in [-0.39, 0.29) is 0 Å². The molecular formula is C16H17NO2. The number of allylic oxidation sites excluding steroid dienone is 1. The molecule has 3 unspecified atom stereocenters. The van der Waals surface area contributed by atoms with Crippen molar-refractivity contribution in [3.05, 3.63) is 41.6 Å². The molecular weight excluding hydrogens is 238 g/mol. The molecule has 0 aromatic heterocycles. The molecule has 3 heteroatoms. The van der Waals surface area contributed by atoms with E-state index >= 15 is 0 Å². The zero-order valence-corrected chi connectivity index (χ0v) is 10.8. The first-order valence-corrected chi connectivity index (χ1v) is 6.99. The van der Waals surface area contributed by atoms with Crippen LogP contribution >= 0.6 is 0 Å². The average Bonchev–Trinajstić information content (AvgIpc) is 2.58. The molecule has 3 aliphatic heterocycles. The lowest BCUT2D eigenvalue weighted by Gasteiger charge is -2.41. The van der Waals surface area contributed by atoms with Crippen molar-refractivity contribution in [1.82, 2.24) is 4.90 Å². The van der Waals surface area contributed by atoms with Gasteiger partial charge in [0.1, 0.15) is 0 Å². The number of nitrogens with zero attached hydrogens (tertiary/aromatic N) is 1. The number of carbonyl (C=O) groups excluding carboxylic acids is 1. The van der Waals surface area contributed by atoms with Gasteiger partial charge in [-0.25, -0.2) is 0 Å². The van der Waals surface area contributed by atoms with Gasteiger partial charge in [0.05, 0.1) is 31.0 Å². The number of rotatable bonds is 1. The molecule has 3 fully saturated rings. The summed E-state index contributed by atoms with van der Waals surface area (Å²) < 4.78 is 5.65. The number of benzene rings is 1. The minimum absolute atomic E-state index is 0.300. The van der Waals surface area contributed by atoms with E-state index in [1.807, 2.05) is 18.2 Å². The highest BCUT2D eigenvalue weighted by molar-refractivity contribution is 6.00. The van der Waals surface area contributed by atoms with E-state index < -0.39 is 0 Å². The highest BCUT2D eigenvalue weighted by Crippen LogP contribution is 2.43. The van der Waals surface area contributed by atoms with Gasteiger partial charge < -0.3 is 9.64 Å². The van der Waals surface area contributed by atoms with Gasteiger partial charge in [0.15, 0.2) is 5.78 Å². The number of ketones is 1. The van der Waals surface area contributed by atoms with Crippen LogP contribution in [0.2, 0.25) is 0 Å². The molecule has 3 atom stereocenters. The average molecular weight is 255 g/mol. The summed E-state index contributed by atoms with van der Waals surface area (Å²) >= 11 is 0. The van der Waals surface area contributed by atoms with E-state index in [0.717, 1.165) is 30.9 Å². The number of Topliss-reactive ketones (excluding diaryl/α,β-unsaturated/α-hetero) is 1. The third-order valence-corrected chi connectivity index (χ3v) is 4.58. The van der Waals surface area contributed by atoms with Gasteiger partial charge in [-0.15, -0.1) is 0 Å². The molecule has 0 spiro atoms. The van der Waals surface area contributed by atoms with Gasteiger partial charge in [0, 0.05) is 6.42 Å². The molecule has 1 aromatic rings. The smallest absolute Gasteiger partial charge is 0.179 e. The molecule has 0 N–H and O–H groups in total. The molecule has 3 nitrogen and oxygen atoms in total. The lowest BCUT2D eigenvalue weighted by Crippen LogP contribution is -2.50. The lowest BCUT2D eigenvalue weighted by atomic mass is 9.90. The highest BCUT2D eigenvalue weighted by Gasteiger charge is 2.50. The fraction of sp³-hybridized carbons (Fsp3) is 0.438. The van der Waals surface area contributed by atoms with Crippen LogP contribution in [-0.4, -0.2) is 36.0 Å². The van der Waals surface area contributed by atoms with E-state index in [1.165, 1.54) is 0 Å². The standard InChI is InChI=1S/C16H17NO2/c18-16-8-12-7-13-9-19-10-15(12)17(13)14(16)6-11-4-2-1-3-5-11/h1-6,12-13,15H,7-10H2/b14-6-. The van der Waals surface area contributed by atoms with E-state index in [2.05, 4.69) is 23.1 Å². The summed E-state index contributed by atoms with van der Waals surface area (Å²) in [6.07, 6.45) is 3.86. The first-order valence-electron chi connectivity index (χ1n) is 6.99. The molecule has 3 heterocycles. The van der Waals surface area contributed by atoms with Crippen molar-refractivity contribution < 1.29 is 9.53 Å². The Labute approximate surface area is 112 Å². The van der Waals surface area contributed by atoms with Gasteiger partial charge >= 0.3 is 0 Å². The Balaban J connectivity index is 1.74. The Bertz CT molecular complexity index is 537. The van der Waals surface area contributed by atoms with Crippen LogP contribution in [0.1, 0.15) is 18.4 Å². The first kappa shape index (κ1) is 11.2. The molecule has 0 radical (unpaired) electrons. The molecule has 0 aliphatic carbocycles. The molecule has 19 heavy (non-hydrogen) atoms. The van der Waals surface area contributed by atoms with E-state index in [0.29, 0.717) is 30.2 Å². The van der Waals surface area contributed by atoms with Crippen molar-refractivity contribution >= 4 is 11.9 Å². The second kappa shape index (κ2) is 4.20. The number of hydrogen-bond donors (Lipinski definition) is 0. The quantitative estimate of drug-likeness (QED) is 0.720. The maximum absolute atomic E-state index is 12.3. The van der Waals surface area contributed by atoms with Crippen molar-refractivity contribution in [3.8, 4) is 0 Å². The van der Waals surface area contributed by atoms with Crippen molar-refractivity contribution in [3.63, 3.8) is 0 Å². The molecule has 4 bridgehead atoms. The van der Waals surface area contributed by atoms with E-state index in [4.69, 9.17) is 4.74 Å². The van der Waals surface area contributed by atoms with Crippen LogP contribution in [-0.2, 0) is 9.53 Å². The number of hydrogen-bond acceptors (Lipinski definition) is 3. The summed E-state index contributed by atoms with van der Waals surface area (Å²) in [5.41, 5.74) is 2.01. The maximum atomic E-state index is 12.3. The summed E-state index contributed by atoms with van der Waals surface area (Å²) in [7, 11) is 0. The number of morpholine rings is 1. The van der Waals surface area contributed by atoms with Gasteiger partial charge in [-0.3, -0.25) is 4.79 Å². The normalized spacial score (nSPS) is 34.9. The Morgan fingerprint density at radius 2 is 2.05 bits per heavy atom. The second-order valence-electron chi connectivity index (χ2n) is 5.73. The van der Waals surface area contributed by atoms with Gasteiger partial charge in [-0.2, -0.15) is 0 Å². The minimum Gasteiger partial charge on any atom is -0.377 e. The summed E-state index contributed by atoms with van der Waals surface area (Å²) in [6.45, 7) is 1.55. The monoisotopic (exact) mass is 255 g/mol. The Morgan fingerprint density at radius 3 is 2.89 bits per heavy atom. The van der Waals surface area contributed by atoms with Gasteiger partial charge in [0.2, 0.25) is 0 Å². The third kappa shape index (κ3) is 1.72. The minimum atomic E-state index is 0.300. The van der Waals surface area contributed by atoms with Crippen LogP contribution in [0.3, 0.4) is 0 Å². The molecule has 4 rings (SSSR count). The number of carbonyl (C=O) groups is 1. The van der Waals surface area contributed by atoms with E-state index in [1.54, 1.807) is 0 Å². The lowest BCUT2D eigenvalue weighted by molar-refractivity contribution is -0.122. The van der Waals surface area contributed by atoms with Crippen LogP contribution in [0.4, 0.5) is 0 Å². The molecule has 0 saturated carbocycles. The zero-order chi connectivity index (χ0) is 12.8. The highest BCUT2D eigenvalue weighted by atomic mass is 16.5. The topological polar surface area (TPSA) is 29.5 Å². The van der Waals surface area contributed by atoms with Gasteiger partial charge in [-0.1, -0.05) is 30.3 Å². The van der Waals surface area contributed by atoms with E-state index in [9.17, 15) is 4.79 Å². The summed E-state index contributed by atoms with van der Waals surface area (Å²) in [6, 6.07) is 11.0. The third-order valence-electron chi connectivity index (χ3n) is 4.58. The number of piperidine rings is 1.